The van der Waals surface area contributed by atoms with Gasteiger partial charge in [-0.25, -0.2) is 4.98 Å². The van der Waals surface area contributed by atoms with Gasteiger partial charge in [0.1, 0.15) is 5.69 Å². The van der Waals surface area contributed by atoms with Gasteiger partial charge in [-0.15, -0.1) is 0 Å². The molecule has 150 valence electrons. The molecule has 1 aromatic heterocycles. The molecule has 2 aromatic rings. The maximum Gasteiger partial charge on any atom is 0.272 e. The van der Waals surface area contributed by atoms with Gasteiger partial charge in [0.05, 0.1) is 11.9 Å². The first-order chi connectivity index (χ1) is 13.5. The molecular weight excluding hydrogens is 348 g/mol. The van der Waals surface area contributed by atoms with Crippen molar-refractivity contribution in [2.75, 3.05) is 49.6 Å². The van der Waals surface area contributed by atoms with Crippen LogP contribution < -0.4 is 9.80 Å². The highest BCUT2D eigenvalue weighted by molar-refractivity contribution is 5.92. The highest BCUT2D eigenvalue weighted by Gasteiger charge is 2.24. The van der Waals surface area contributed by atoms with E-state index in [1.54, 1.807) is 0 Å². The van der Waals surface area contributed by atoms with Crippen molar-refractivity contribution in [1.82, 2.24) is 9.88 Å². The fourth-order valence-corrected chi connectivity index (χ4v) is 3.65. The monoisotopic (exact) mass is 380 g/mol. The lowest BCUT2D eigenvalue weighted by Gasteiger charge is -2.37. The zero-order chi connectivity index (χ0) is 20.1. The first-order valence-electron chi connectivity index (χ1n) is 10.3. The van der Waals surface area contributed by atoms with Crippen LogP contribution in [0.3, 0.4) is 0 Å². The number of carbonyl (C=O) groups excluding carboxylic acids is 1. The molecule has 28 heavy (non-hydrogen) atoms. The Bertz CT molecular complexity index is 795. The van der Waals surface area contributed by atoms with Crippen molar-refractivity contribution in [3.8, 4) is 0 Å². The van der Waals surface area contributed by atoms with Crippen molar-refractivity contribution in [3.63, 3.8) is 0 Å². The van der Waals surface area contributed by atoms with Gasteiger partial charge in [-0.05, 0) is 49.6 Å². The second-order valence-electron chi connectivity index (χ2n) is 7.68. The summed E-state index contributed by atoms with van der Waals surface area (Å²) in [5.74, 6) is 0.0309. The molecule has 0 atom stereocenters. The number of rotatable bonds is 6. The van der Waals surface area contributed by atoms with Gasteiger partial charge in [0.25, 0.3) is 5.91 Å². The first-order valence-corrected chi connectivity index (χ1v) is 10.3. The highest BCUT2D eigenvalue weighted by Crippen LogP contribution is 2.24. The van der Waals surface area contributed by atoms with Crippen molar-refractivity contribution < 1.29 is 4.79 Å². The molecule has 1 saturated heterocycles. The summed E-state index contributed by atoms with van der Waals surface area (Å²) in [6.45, 7) is 10.7. The number of hydrogen-bond donors (Lipinski definition) is 0. The summed E-state index contributed by atoms with van der Waals surface area (Å²) in [6, 6.07) is 10.3. The third-order valence-corrected chi connectivity index (χ3v) is 5.74. The van der Waals surface area contributed by atoms with Crippen molar-refractivity contribution in [3.05, 3.63) is 53.3 Å². The predicted molar refractivity (Wildman–Crippen MR) is 116 cm³/mol. The second kappa shape index (κ2) is 9.09. The van der Waals surface area contributed by atoms with Crippen LogP contribution in [0.4, 0.5) is 11.4 Å². The molecule has 2 heterocycles. The van der Waals surface area contributed by atoms with Crippen LogP contribution in [0.5, 0.6) is 0 Å². The van der Waals surface area contributed by atoms with E-state index in [0.29, 0.717) is 5.69 Å². The molecule has 1 aromatic carbocycles. The van der Waals surface area contributed by atoms with Crippen molar-refractivity contribution >= 4 is 17.3 Å². The Balaban J connectivity index is 1.60. The van der Waals surface area contributed by atoms with Crippen LogP contribution in [0.25, 0.3) is 0 Å². The molecule has 0 aliphatic carbocycles. The van der Waals surface area contributed by atoms with Crippen LogP contribution in [0.1, 0.15) is 41.4 Å². The Kier molecular flexibility index (Phi) is 6.55. The molecule has 5 nitrogen and oxygen atoms in total. The lowest BCUT2D eigenvalue weighted by Crippen LogP contribution is -2.49. The zero-order valence-electron chi connectivity index (χ0n) is 17.6. The first kappa shape index (κ1) is 20.2. The molecule has 0 bridgehead atoms. The summed E-state index contributed by atoms with van der Waals surface area (Å²) in [5, 5.41) is 0. The summed E-state index contributed by atoms with van der Waals surface area (Å²) in [5.41, 5.74) is 5.51. The van der Waals surface area contributed by atoms with Gasteiger partial charge in [0, 0.05) is 45.5 Å². The standard InChI is InChI=1S/C23H32N4O/c1-5-6-12-25(4)20-10-11-21(24-17-20)23(28)27-15-13-26(14-16-27)22-9-7-8-18(2)19(22)3/h7-11,17H,5-6,12-16H2,1-4H3. The Hall–Kier alpha value is -2.56. The number of carbonyl (C=O) groups is 1. The normalized spacial score (nSPS) is 14.3. The average molecular weight is 381 g/mol. The number of piperazine rings is 1. The second-order valence-corrected chi connectivity index (χ2v) is 7.68. The minimum absolute atomic E-state index is 0.0309. The van der Waals surface area contributed by atoms with Gasteiger partial charge in [-0.3, -0.25) is 4.79 Å². The molecule has 1 fully saturated rings. The minimum Gasteiger partial charge on any atom is -0.373 e. The Labute approximate surface area is 169 Å². The SMILES string of the molecule is CCCCN(C)c1ccc(C(=O)N2CCN(c3cccc(C)c3C)CC2)nc1. The molecule has 0 spiro atoms. The van der Waals surface area contributed by atoms with E-state index in [9.17, 15) is 4.79 Å². The number of aromatic nitrogens is 1. The molecule has 0 N–H and O–H groups in total. The van der Waals surface area contributed by atoms with E-state index in [1.807, 2.05) is 23.2 Å². The third-order valence-electron chi connectivity index (χ3n) is 5.74. The Morgan fingerprint density at radius 2 is 1.86 bits per heavy atom. The number of pyridine rings is 1. The van der Waals surface area contributed by atoms with E-state index in [0.717, 1.165) is 44.8 Å². The van der Waals surface area contributed by atoms with E-state index < -0.39 is 0 Å². The van der Waals surface area contributed by atoms with Gasteiger partial charge in [-0.1, -0.05) is 25.5 Å². The molecular formula is C23H32N4O. The van der Waals surface area contributed by atoms with Crippen LogP contribution in [-0.2, 0) is 0 Å². The van der Waals surface area contributed by atoms with Crippen LogP contribution in [0.2, 0.25) is 0 Å². The lowest BCUT2D eigenvalue weighted by atomic mass is 10.1. The lowest BCUT2D eigenvalue weighted by molar-refractivity contribution is 0.0741. The fourth-order valence-electron chi connectivity index (χ4n) is 3.65. The molecule has 0 saturated carbocycles. The summed E-state index contributed by atoms with van der Waals surface area (Å²) >= 11 is 0. The summed E-state index contributed by atoms with van der Waals surface area (Å²) < 4.78 is 0. The molecule has 3 rings (SSSR count). The highest BCUT2D eigenvalue weighted by atomic mass is 16.2. The van der Waals surface area contributed by atoms with Gasteiger partial charge in [0.2, 0.25) is 0 Å². The van der Waals surface area contributed by atoms with E-state index in [4.69, 9.17) is 0 Å². The molecule has 1 amide bonds. The smallest absolute Gasteiger partial charge is 0.272 e. The van der Waals surface area contributed by atoms with Gasteiger partial charge < -0.3 is 14.7 Å². The number of aryl methyl sites for hydroxylation is 1. The maximum atomic E-state index is 12.8. The Morgan fingerprint density at radius 1 is 1.11 bits per heavy atom. The summed E-state index contributed by atoms with van der Waals surface area (Å²) in [7, 11) is 2.07. The molecule has 1 aliphatic rings. The molecule has 1 aliphatic heterocycles. The van der Waals surface area contributed by atoms with E-state index in [1.165, 1.54) is 23.2 Å². The largest absolute Gasteiger partial charge is 0.373 e. The van der Waals surface area contributed by atoms with Gasteiger partial charge in [-0.2, -0.15) is 0 Å². The molecule has 5 heteroatoms. The van der Waals surface area contributed by atoms with E-state index in [-0.39, 0.29) is 5.91 Å². The van der Waals surface area contributed by atoms with Gasteiger partial charge in [0.15, 0.2) is 0 Å². The number of anilines is 2. The van der Waals surface area contributed by atoms with E-state index >= 15 is 0 Å². The van der Waals surface area contributed by atoms with Crippen LogP contribution in [0.15, 0.2) is 36.5 Å². The fraction of sp³-hybridized carbons (Fsp3) is 0.478. The number of benzene rings is 1. The quantitative estimate of drug-likeness (QED) is 0.762. The predicted octanol–water partition coefficient (Wildman–Crippen LogP) is 3.90. The molecule has 0 radical (unpaired) electrons. The van der Waals surface area contributed by atoms with Crippen molar-refractivity contribution in [1.29, 1.82) is 0 Å². The Morgan fingerprint density at radius 3 is 2.50 bits per heavy atom. The van der Waals surface area contributed by atoms with Crippen LogP contribution in [-0.4, -0.2) is 55.6 Å². The topological polar surface area (TPSA) is 39.7 Å². The van der Waals surface area contributed by atoms with Gasteiger partial charge >= 0.3 is 0 Å². The van der Waals surface area contributed by atoms with E-state index in [2.05, 4.69) is 60.8 Å². The van der Waals surface area contributed by atoms with Crippen LogP contribution in [0, 0.1) is 13.8 Å². The van der Waals surface area contributed by atoms with Crippen molar-refractivity contribution in [2.45, 2.75) is 33.6 Å². The number of nitrogens with zero attached hydrogens (tertiary/aromatic N) is 4. The number of hydrogen-bond acceptors (Lipinski definition) is 4. The minimum atomic E-state index is 0.0309. The number of amides is 1. The molecule has 0 unspecified atom stereocenters. The summed E-state index contributed by atoms with van der Waals surface area (Å²) in [6.07, 6.45) is 4.14. The zero-order valence-corrected chi connectivity index (χ0v) is 17.6. The maximum absolute atomic E-state index is 12.8. The van der Waals surface area contributed by atoms with Crippen LogP contribution >= 0.6 is 0 Å². The summed E-state index contributed by atoms with van der Waals surface area (Å²) in [4.78, 5) is 23.8. The average Bonchev–Trinajstić information content (AvgIpc) is 2.73. The third kappa shape index (κ3) is 4.46. The number of unbranched alkanes of at least 4 members (excludes halogenated alkanes) is 1. The van der Waals surface area contributed by atoms with Crippen molar-refractivity contribution in [2.24, 2.45) is 0 Å².